The summed E-state index contributed by atoms with van der Waals surface area (Å²) >= 11 is 0. The fraction of sp³-hybridized carbons (Fsp3) is 0.167. The second-order valence-electron chi connectivity index (χ2n) is 6.00. The highest BCUT2D eigenvalue weighted by Crippen LogP contribution is 2.35. The van der Waals surface area contributed by atoms with Crippen molar-refractivity contribution in [3.05, 3.63) is 69.9 Å². The van der Waals surface area contributed by atoms with Gasteiger partial charge in [-0.25, -0.2) is 4.98 Å². The minimum Gasteiger partial charge on any atom is -0.487 e. The van der Waals surface area contributed by atoms with E-state index in [0.29, 0.717) is 11.3 Å². The second-order valence-corrected chi connectivity index (χ2v) is 6.00. The van der Waals surface area contributed by atoms with Crippen LogP contribution in [0.1, 0.15) is 17.0 Å². The maximum atomic E-state index is 12.8. The van der Waals surface area contributed by atoms with E-state index in [1.165, 1.54) is 28.7 Å². The number of aromatic nitrogens is 3. The van der Waals surface area contributed by atoms with Crippen molar-refractivity contribution in [2.24, 2.45) is 0 Å². The van der Waals surface area contributed by atoms with E-state index in [9.17, 15) is 18.0 Å². The minimum absolute atomic E-state index is 0.0224. The molecule has 0 aliphatic heterocycles. The first kappa shape index (κ1) is 17.1. The molecule has 6 nitrogen and oxygen atoms in total. The molecule has 0 N–H and O–H groups in total. The van der Waals surface area contributed by atoms with Crippen LogP contribution in [0.4, 0.5) is 13.2 Å². The molecule has 0 bridgehead atoms. The summed E-state index contributed by atoms with van der Waals surface area (Å²) in [4.78, 5) is 16.5. The molecule has 0 aliphatic rings. The van der Waals surface area contributed by atoms with E-state index in [1.54, 1.807) is 12.3 Å². The maximum absolute atomic E-state index is 12.8. The average Bonchev–Trinajstić information content (AvgIpc) is 3.04. The van der Waals surface area contributed by atoms with Gasteiger partial charge in [0.1, 0.15) is 18.0 Å². The van der Waals surface area contributed by atoms with Crippen molar-refractivity contribution in [2.75, 3.05) is 0 Å². The molecule has 3 heterocycles. The summed E-state index contributed by atoms with van der Waals surface area (Å²) in [6.45, 7) is 1.85. The Morgan fingerprint density at radius 1 is 1.19 bits per heavy atom. The number of nitrogens with zero attached hydrogens (tertiary/aromatic N) is 3. The Morgan fingerprint density at radius 3 is 2.78 bits per heavy atom. The van der Waals surface area contributed by atoms with Crippen LogP contribution in [0.5, 0.6) is 5.75 Å². The quantitative estimate of drug-likeness (QED) is 0.546. The number of alkyl halides is 3. The molecule has 0 saturated heterocycles. The molecule has 1 aromatic carbocycles. The first-order valence-corrected chi connectivity index (χ1v) is 7.90. The predicted molar refractivity (Wildman–Crippen MR) is 89.5 cm³/mol. The van der Waals surface area contributed by atoms with Crippen molar-refractivity contribution in [2.45, 2.75) is 19.7 Å². The standard InChI is InChI=1S/C18H12F3N3O3/c1-10-2-5-15-22-11(6-16(25)24(15)8-10)9-26-12-3-4-13-14(7-12)27-23-17(13)18(19,20)21/h2-8H,9H2,1H3. The van der Waals surface area contributed by atoms with Crippen LogP contribution in [0, 0.1) is 6.92 Å². The molecule has 4 rings (SSSR count). The number of hydrogen-bond acceptors (Lipinski definition) is 5. The second kappa shape index (κ2) is 6.11. The van der Waals surface area contributed by atoms with Gasteiger partial charge in [-0.1, -0.05) is 11.2 Å². The molecule has 0 atom stereocenters. The first-order chi connectivity index (χ1) is 12.8. The van der Waals surface area contributed by atoms with Gasteiger partial charge >= 0.3 is 6.18 Å². The fourth-order valence-corrected chi connectivity index (χ4v) is 2.70. The fourth-order valence-electron chi connectivity index (χ4n) is 2.70. The summed E-state index contributed by atoms with van der Waals surface area (Å²) < 4.78 is 50.2. The molecular weight excluding hydrogens is 363 g/mol. The average molecular weight is 375 g/mol. The van der Waals surface area contributed by atoms with Gasteiger partial charge in [0.05, 0.1) is 11.1 Å². The molecule has 0 amide bonds. The van der Waals surface area contributed by atoms with E-state index in [2.05, 4.69) is 10.1 Å². The summed E-state index contributed by atoms with van der Waals surface area (Å²) in [6.07, 6.45) is -2.91. The Hall–Kier alpha value is -3.36. The van der Waals surface area contributed by atoms with Gasteiger partial charge in [0.25, 0.3) is 5.56 Å². The Morgan fingerprint density at radius 2 is 2.00 bits per heavy atom. The third-order valence-corrected chi connectivity index (χ3v) is 3.96. The van der Waals surface area contributed by atoms with Crippen molar-refractivity contribution >= 4 is 16.6 Å². The van der Waals surface area contributed by atoms with Crippen molar-refractivity contribution in [3.63, 3.8) is 0 Å². The number of halogens is 3. The Labute approximate surface area is 149 Å². The smallest absolute Gasteiger partial charge is 0.437 e. The molecule has 4 aromatic rings. The highest BCUT2D eigenvalue weighted by molar-refractivity contribution is 5.81. The summed E-state index contributed by atoms with van der Waals surface area (Å²) in [7, 11) is 0. The Kier molecular flexibility index (Phi) is 3.87. The van der Waals surface area contributed by atoms with Crippen molar-refractivity contribution in [1.29, 1.82) is 0 Å². The lowest BCUT2D eigenvalue weighted by atomic mass is 10.2. The zero-order valence-electron chi connectivity index (χ0n) is 13.9. The predicted octanol–water partition coefficient (Wildman–Crippen LogP) is 3.74. The van der Waals surface area contributed by atoms with Crippen molar-refractivity contribution < 1.29 is 22.4 Å². The third-order valence-electron chi connectivity index (χ3n) is 3.96. The Balaban J connectivity index is 1.59. The van der Waals surface area contributed by atoms with E-state index in [4.69, 9.17) is 9.26 Å². The zero-order chi connectivity index (χ0) is 19.2. The van der Waals surface area contributed by atoms with Crippen LogP contribution in [0.2, 0.25) is 0 Å². The number of aryl methyl sites for hydroxylation is 1. The van der Waals surface area contributed by atoms with E-state index >= 15 is 0 Å². The largest absolute Gasteiger partial charge is 0.487 e. The number of benzene rings is 1. The lowest BCUT2D eigenvalue weighted by Gasteiger charge is -2.07. The summed E-state index contributed by atoms with van der Waals surface area (Å²) in [5.41, 5.74) is 0.437. The SMILES string of the molecule is Cc1ccc2nc(COc3ccc4c(C(F)(F)F)noc4c3)cc(=O)n2c1. The van der Waals surface area contributed by atoms with Gasteiger partial charge in [0.15, 0.2) is 11.3 Å². The van der Waals surface area contributed by atoms with Gasteiger partial charge in [-0.05, 0) is 30.7 Å². The number of fused-ring (bicyclic) bond motifs is 2. The summed E-state index contributed by atoms with van der Waals surface area (Å²) in [5.74, 6) is 0.276. The van der Waals surface area contributed by atoms with Gasteiger partial charge < -0.3 is 9.26 Å². The monoisotopic (exact) mass is 375 g/mol. The summed E-state index contributed by atoms with van der Waals surface area (Å²) in [5, 5.41) is 2.92. The normalized spacial score (nSPS) is 12.0. The molecule has 0 fully saturated rings. The molecule has 0 aliphatic carbocycles. The van der Waals surface area contributed by atoms with E-state index in [0.717, 1.165) is 5.56 Å². The molecular formula is C18H12F3N3O3. The molecule has 3 aromatic heterocycles. The lowest BCUT2D eigenvalue weighted by molar-refractivity contribution is -0.141. The van der Waals surface area contributed by atoms with Crippen LogP contribution in [-0.4, -0.2) is 14.5 Å². The molecule has 0 spiro atoms. The lowest BCUT2D eigenvalue weighted by Crippen LogP contribution is -2.16. The molecule has 9 heteroatoms. The zero-order valence-corrected chi connectivity index (χ0v) is 13.9. The third kappa shape index (κ3) is 3.23. The van der Waals surface area contributed by atoms with Gasteiger partial charge in [-0.15, -0.1) is 0 Å². The first-order valence-electron chi connectivity index (χ1n) is 7.90. The van der Waals surface area contributed by atoms with Gasteiger partial charge in [-0.3, -0.25) is 9.20 Å². The minimum atomic E-state index is -4.59. The van der Waals surface area contributed by atoms with Gasteiger partial charge in [-0.2, -0.15) is 13.2 Å². The van der Waals surface area contributed by atoms with Crippen LogP contribution in [0.3, 0.4) is 0 Å². The highest BCUT2D eigenvalue weighted by Gasteiger charge is 2.37. The van der Waals surface area contributed by atoms with Crippen LogP contribution in [0.15, 0.2) is 51.9 Å². The summed E-state index contributed by atoms with van der Waals surface area (Å²) in [6, 6.07) is 8.83. The number of hydrogen-bond donors (Lipinski definition) is 0. The topological polar surface area (TPSA) is 69.6 Å². The van der Waals surface area contributed by atoms with Crippen molar-refractivity contribution in [1.82, 2.24) is 14.5 Å². The van der Waals surface area contributed by atoms with Gasteiger partial charge in [0.2, 0.25) is 0 Å². The Bertz CT molecular complexity index is 1210. The van der Waals surface area contributed by atoms with Crippen LogP contribution in [0.25, 0.3) is 16.6 Å². The van der Waals surface area contributed by atoms with Crippen LogP contribution < -0.4 is 10.3 Å². The van der Waals surface area contributed by atoms with Gasteiger partial charge in [0, 0.05) is 18.3 Å². The molecule has 0 radical (unpaired) electrons. The molecule has 27 heavy (non-hydrogen) atoms. The van der Waals surface area contributed by atoms with E-state index in [-0.39, 0.29) is 28.9 Å². The highest BCUT2D eigenvalue weighted by atomic mass is 19.4. The van der Waals surface area contributed by atoms with Crippen LogP contribution in [-0.2, 0) is 12.8 Å². The van der Waals surface area contributed by atoms with E-state index < -0.39 is 11.9 Å². The van der Waals surface area contributed by atoms with Crippen molar-refractivity contribution in [3.8, 4) is 5.75 Å². The van der Waals surface area contributed by atoms with Crippen LogP contribution >= 0.6 is 0 Å². The number of rotatable bonds is 3. The van der Waals surface area contributed by atoms with E-state index in [1.807, 2.05) is 13.0 Å². The number of ether oxygens (including phenoxy) is 1. The molecule has 138 valence electrons. The molecule has 0 unspecified atom stereocenters. The molecule has 0 saturated carbocycles. The maximum Gasteiger partial charge on any atom is 0.437 e. The number of pyridine rings is 1.